The number of hydrogen-bond donors (Lipinski definition) is 2. The first-order valence-corrected chi connectivity index (χ1v) is 6.58. The molecule has 0 aliphatic rings. The Morgan fingerprint density at radius 1 is 1.22 bits per heavy atom. The predicted molar refractivity (Wildman–Crippen MR) is 64.5 cm³/mol. The molecule has 10 heteroatoms. The van der Waals surface area contributed by atoms with Crippen LogP contribution in [0.15, 0.2) is 4.90 Å². The Morgan fingerprint density at radius 2 is 1.72 bits per heavy atom. The highest BCUT2D eigenvalue weighted by Gasteiger charge is 2.31. The van der Waals surface area contributed by atoms with E-state index in [1.54, 1.807) is 0 Å². The van der Waals surface area contributed by atoms with Crippen LogP contribution in [-0.4, -0.2) is 18.9 Å². The molecule has 0 saturated heterocycles. The predicted octanol–water partition coefficient (Wildman–Crippen LogP) is 1.86. The molecular weight excluding hydrogens is 327 g/mol. The van der Waals surface area contributed by atoms with E-state index in [9.17, 15) is 13.2 Å². The summed E-state index contributed by atoms with van der Waals surface area (Å²) in [6.45, 7) is 0. The van der Waals surface area contributed by atoms with Crippen LogP contribution in [0.2, 0.25) is 15.1 Å². The second kappa shape index (κ2) is 4.91. The molecule has 0 bridgehead atoms. The summed E-state index contributed by atoms with van der Waals surface area (Å²) in [6, 6.07) is 1.41. The Labute approximate surface area is 117 Å². The molecule has 96 valence electrons. The zero-order valence-electron chi connectivity index (χ0n) is 8.24. The first kappa shape index (κ1) is 15.0. The van der Waals surface area contributed by atoms with Gasteiger partial charge < -0.3 is 5.73 Å². The average Bonchev–Trinajstić information content (AvgIpc) is 2.23. The number of hydrogen-bond acceptors (Lipinski definition) is 4. The molecule has 6 nitrogen and oxygen atoms in total. The second-order valence-electron chi connectivity index (χ2n) is 2.97. The van der Waals surface area contributed by atoms with Gasteiger partial charge in [-0.05, 0) is 0 Å². The van der Waals surface area contributed by atoms with E-state index in [0.717, 1.165) is 0 Å². The van der Waals surface area contributed by atoms with E-state index in [4.69, 9.17) is 50.4 Å². The van der Waals surface area contributed by atoms with Gasteiger partial charge in [-0.2, -0.15) is 13.7 Å². The summed E-state index contributed by atoms with van der Waals surface area (Å²) in [5.41, 5.74) is 3.45. The van der Waals surface area contributed by atoms with Gasteiger partial charge in [0.05, 0.1) is 26.2 Å². The number of carbonyl (C=O) groups is 1. The largest absolute Gasteiger partial charge is 0.366 e. The molecule has 0 unspecified atom stereocenters. The van der Waals surface area contributed by atoms with Gasteiger partial charge in [0.1, 0.15) is 11.0 Å². The van der Waals surface area contributed by atoms with Gasteiger partial charge in [-0.15, -0.1) is 0 Å². The maximum Gasteiger partial charge on any atom is 0.296 e. The van der Waals surface area contributed by atoms with Crippen molar-refractivity contribution in [3.05, 3.63) is 26.2 Å². The number of nitrogens with two attached hydrogens (primary N) is 1. The number of benzene rings is 1. The highest BCUT2D eigenvalue weighted by Crippen LogP contribution is 2.40. The number of rotatable bonds is 2. The van der Waals surface area contributed by atoms with Crippen LogP contribution in [0.5, 0.6) is 0 Å². The van der Waals surface area contributed by atoms with Gasteiger partial charge in [0, 0.05) is 0 Å². The van der Waals surface area contributed by atoms with Gasteiger partial charge in [-0.25, -0.2) is 0 Å². The van der Waals surface area contributed by atoms with Crippen LogP contribution in [0, 0.1) is 11.3 Å². The summed E-state index contributed by atoms with van der Waals surface area (Å²) in [4.78, 5) is 10.1. The van der Waals surface area contributed by atoms with Crippen LogP contribution in [-0.2, 0) is 10.1 Å². The summed E-state index contributed by atoms with van der Waals surface area (Å²) in [5.74, 6) is -1.28. The second-order valence-corrected chi connectivity index (χ2v) is 5.46. The summed E-state index contributed by atoms with van der Waals surface area (Å²) in [7, 11) is -4.93. The van der Waals surface area contributed by atoms with Crippen molar-refractivity contribution in [2.24, 2.45) is 5.73 Å². The van der Waals surface area contributed by atoms with Crippen LogP contribution in [0.1, 0.15) is 15.9 Å². The van der Waals surface area contributed by atoms with Crippen molar-refractivity contribution in [1.82, 2.24) is 0 Å². The fourth-order valence-corrected chi connectivity index (χ4v) is 2.95. The molecular formula is C8H3Cl3N2O4S. The van der Waals surface area contributed by atoms with Crippen molar-refractivity contribution in [3.63, 3.8) is 0 Å². The Kier molecular flexibility index (Phi) is 4.10. The zero-order chi connectivity index (χ0) is 14.2. The lowest BCUT2D eigenvalue weighted by Gasteiger charge is -2.11. The first-order chi connectivity index (χ1) is 8.12. The fraction of sp³-hybridized carbons (Fsp3) is 0. The van der Waals surface area contributed by atoms with E-state index in [0.29, 0.717) is 0 Å². The molecule has 0 fully saturated rings. The van der Waals surface area contributed by atoms with Crippen molar-refractivity contribution in [1.29, 1.82) is 5.26 Å². The van der Waals surface area contributed by atoms with Crippen molar-refractivity contribution in [2.45, 2.75) is 4.90 Å². The molecule has 18 heavy (non-hydrogen) atoms. The van der Waals surface area contributed by atoms with E-state index in [1.165, 1.54) is 6.07 Å². The monoisotopic (exact) mass is 328 g/mol. The molecule has 0 saturated carbocycles. The average molecular weight is 330 g/mol. The topological polar surface area (TPSA) is 121 Å². The summed E-state index contributed by atoms with van der Waals surface area (Å²) in [5, 5.41) is 7.36. The normalized spacial score (nSPS) is 11.1. The Morgan fingerprint density at radius 3 is 2.06 bits per heavy atom. The lowest BCUT2D eigenvalue weighted by atomic mass is 10.1. The van der Waals surface area contributed by atoms with Crippen LogP contribution in [0.4, 0.5) is 0 Å². The Balaban J connectivity index is 4.12. The number of amides is 1. The molecule has 0 spiro atoms. The third kappa shape index (κ3) is 2.39. The van der Waals surface area contributed by atoms with Gasteiger partial charge >= 0.3 is 0 Å². The number of nitrogens with zero attached hydrogens (tertiary/aromatic N) is 1. The summed E-state index contributed by atoms with van der Waals surface area (Å²) < 4.78 is 31.4. The smallest absolute Gasteiger partial charge is 0.296 e. The Bertz CT molecular complexity index is 694. The maximum atomic E-state index is 11.2. The van der Waals surface area contributed by atoms with Crippen molar-refractivity contribution >= 4 is 50.8 Å². The van der Waals surface area contributed by atoms with Crippen molar-refractivity contribution in [2.75, 3.05) is 0 Å². The number of nitriles is 1. The molecule has 0 aromatic heterocycles. The lowest BCUT2D eigenvalue weighted by molar-refractivity contribution is 0.0997. The lowest BCUT2D eigenvalue weighted by Crippen LogP contribution is -2.18. The fourth-order valence-electron chi connectivity index (χ4n) is 1.22. The van der Waals surface area contributed by atoms with Crippen LogP contribution in [0.25, 0.3) is 0 Å². The maximum absolute atomic E-state index is 11.2. The minimum absolute atomic E-state index is 0.406. The van der Waals surface area contributed by atoms with Gasteiger partial charge in [-0.1, -0.05) is 34.8 Å². The number of carbonyl (C=O) groups excluding carboxylic acids is 1. The summed E-state index contributed by atoms with van der Waals surface area (Å²) in [6.07, 6.45) is 0. The SMILES string of the molecule is N#Cc1c(Cl)c(Cl)c(Cl)c(C(N)=O)c1S(=O)(=O)O. The van der Waals surface area contributed by atoms with Crippen LogP contribution >= 0.6 is 34.8 Å². The highest BCUT2D eigenvalue weighted by atomic mass is 35.5. The molecule has 3 N–H and O–H groups in total. The van der Waals surface area contributed by atoms with Gasteiger partial charge in [0.2, 0.25) is 0 Å². The molecule has 0 heterocycles. The zero-order valence-corrected chi connectivity index (χ0v) is 11.3. The van der Waals surface area contributed by atoms with Gasteiger partial charge in [-0.3, -0.25) is 9.35 Å². The van der Waals surface area contributed by atoms with Gasteiger partial charge in [0.15, 0.2) is 0 Å². The molecule has 1 rings (SSSR count). The first-order valence-electron chi connectivity index (χ1n) is 4.00. The van der Waals surface area contributed by atoms with Crippen LogP contribution < -0.4 is 5.73 Å². The molecule has 1 aromatic carbocycles. The van der Waals surface area contributed by atoms with E-state index in [-0.39, 0.29) is 0 Å². The molecule has 1 amide bonds. The van der Waals surface area contributed by atoms with E-state index >= 15 is 0 Å². The number of primary amides is 1. The quantitative estimate of drug-likeness (QED) is 0.633. The minimum atomic E-state index is -4.93. The Hall–Kier alpha value is -1.04. The number of halogens is 3. The van der Waals surface area contributed by atoms with Crippen molar-refractivity contribution < 1.29 is 17.8 Å². The highest BCUT2D eigenvalue weighted by molar-refractivity contribution is 7.86. The molecule has 0 radical (unpaired) electrons. The third-order valence-corrected chi connectivity index (χ3v) is 4.15. The molecule has 0 aliphatic carbocycles. The molecule has 0 aliphatic heterocycles. The molecule has 0 atom stereocenters. The summed E-state index contributed by atoms with van der Waals surface area (Å²) >= 11 is 16.9. The van der Waals surface area contributed by atoms with E-state index in [1.807, 2.05) is 0 Å². The standard InChI is InChI=1S/C8H3Cl3N2O4S/c9-4-2(1-12)7(18(15,16)17)3(8(13)14)5(10)6(4)11/h(H2,13,14)(H,15,16,17). The van der Waals surface area contributed by atoms with Gasteiger partial charge in [0.25, 0.3) is 16.0 Å². The van der Waals surface area contributed by atoms with Crippen molar-refractivity contribution in [3.8, 4) is 6.07 Å². The third-order valence-electron chi connectivity index (χ3n) is 1.89. The van der Waals surface area contributed by atoms with E-state index in [2.05, 4.69) is 0 Å². The minimum Gasteiger partial charge on any atom is -0.366 e. The molecule has 1 aromatic rings. The van der Waals surface area contributed by atoms with E-state index < -0.39 is 47.1 Å². The van der Waals surface area contributed by atoms with Crippen LogP contribution in [0.3, 0.4) is 0 Å².